The minimum Gasteiger partial charge on any atom is -0.455 e. The van der Waals surface area contributed by atoms with Gasteiger partial charge in [-0.15, -0.1) is 0 Å². The summed E-state index contributed by atoms with van der Waals surface area (Å²) in [5.74, 6) is -5.24. The maximum atomic E-state index is 13.4. The van der Waals surface area contributed by atoms with E-state index in [1.54, 1.807) is 27.7 Å². The number of fused-ring (bicyclic) bond motifs is 1. The maximum absolute atomic E-state index is 13.4. The van der Waals surface area contributed by atoms with Crippen molar-refractivity contribution >= 4 is 23.7 Å². The number of allylic oxidation sites excluding steroid dienone is 1. The molecule has 190 valence electrons. The quantitative estimate of drug-likeness (QED) is 0.344. The van der Waals surface area contributed by atoms with Crippen LogP contribution in [0.25, 0.3) is 0 Å². The Kier molecular flexibility index (Phi) is 8.82. The Hall–Kier alpha value is -2.52. The van der Waals surface area contributed by atoms with Crippen LogP contribution >= 0.6 is 0 Å². The highest BCUT2D eigenvalue weighted by Gasteiger charge is 2.57. The van der Waals surface area contributed by atoms with E-state index in [0.717, 1.165) is 0 Å². The lowest BCUT2D eigenvalue weighted by Crippen LogP contribution is -2.57. The predicted octanol–water partition coefficient (Wildman–Crippen LogP) is 2.03. The number of Topliss-reactive ketones (excluding diaryl/α,β-unsaturated/α-hetero) is 1. The van der Waals surface area contributed by atoms with Crippen LogP contribution in [0, 0.1) is 17.8 Å². The van der Waals surface area contributed by atoms with Gasteiger partial charge in [0.05, 0.1) is 17.9 Å². The minimum absolute atomic E-state index is 0.0314. The van der Waals surface area contributed by atoms with Gasteiger partial charge in [-0.2, -0.15) is 0 Å². The van der Waals surface area contributed by atoms with E-state index in [0.29, 0.717) is 6.42 Å². The summed E-state index contributed by atoms with van der Waals surface area (Å²) < 4.78 is 16.7. The number of rotatable bonds is 5. The second-order valence-corrected chi connectivity index (χ2v) is 9.64. The lowest BCUT2D eigenvalue weighted by atomic mass is 9.75. The molecule has 0 aromatic carbocycles. The Morgan fingerprint density at radius 1 is 1.32 bits per heavy atom. The zero-order valence-corrected chi connectivity index (χ0v) is 20.7. The molecule has 1 aliphatic heterocycles. The summed E-state index contributed by atoms with van der Waals surface area (Å²) in [7, 11) is 0. The number of carbonyl (C=O) groups is 4. The van der Waals surface area contributed by atoms with E-state index < -0.39 is 71.5 Å². The average molecular weight is 481 g/mol. The van der Waals surface area contributed by atoms with Crippen molar-refractivity contribution in [2.45, 2.75) is 90.8 Å². The van der Waals surface area contributed by atoms with Gasteiger partial charge in [0, 0.05) is 23.5 Å². The van der Waals surface area contributed by atoms with Crippen molar-refractivity contribution in [1.82, 2.24) is 0 Å². The smallest absolute Gasteiger partial charge is 0.334 e. The summed E-state index contributed by atoms with van der Waals surface area (Å²) in [4.78, 5) is 51.3. The first kappa shape index (κ1) is 27.7. The van der Waals surface area contributed by atoms with Crippen molar-refractivity contribution in [2.75, 3.05) is 0 Å². The summed E-state index contributed by atoms with van der Waals surface area (Å²) >= 11 is 0. The number of aliphatic hydroxyl groups is 2. The minimum atomic E-state index is -1.83. The van der Waals surface area contributed by atoms with Crippen LogP contribution in [0.3, 0.4) is 0 Å². The van der Waals surface area contributed by atoms with Gasteiger partial charge in [-0.05, 0) is 33.6 Å². The molecule has 2 rings (SSSR count). The van der Waals surface area contributed by atoms with Gasteiger partial charge in [-0.3, -0.25) is 9.59 Å². The largest absolute Gasteiger partial charge is 0.455 e. The van der Waals surface area contributed by atoms with Gasteiger partial charge in [0.25, 0.3) is 0 Å². The van der Waals surface area contributed by atoms with Crippen molar-refractivity contribution in [3.8, 4) is 0 Å². The standard InChI is InChI=1S/C25H36O9/c1-8-12(3)22(28)32-19-17-15(6)24(30)33-20(17)21(34-23(29)13(4)9-2)25(7,31)11-16(26)10-14(5)18(19)27/h8,13-14,16-17,19-21,26,31H,6,9-11H2,1-5,7H3/b12-8-/t13?,14?,16-,17?,19-,20+,21?,25+/m0/s1. The Labute approximate surface area is 200 Å². The van der Waals surface area contributed by atoms with E-state index >= 15 is 0 Å². The molecule has 2 fully saturated rings. The second kappa shape index (κ2) is 10.8. The van der Waals surface area contributed by atoms with Crippen molar-refractivity contribution < 1.29 is 43.6 Å². The molecule has 0 radical (unpaired) electrons. The van der Waals surface area contributed by atoms with E-state index in [4.69, 9.17) is 14.2 Å². The molecule has 9 nitrogen and oxygen atoms in total. The fraction of sp³-hybridized carbons (Fsp3) is 0.680. The molecule has 8 atom stereocenters. The molecule has 1 aliphatic carbocycles. The number of ketones is 1. The molecule has 9 heteroatoms. The number of esters is 3. The predicted molar refractivity (Wildman–Crippen MR) is 121 cm³/mol. The first-order valence-electron chi connectivity index (χ1n) is 11.6. The molecule has 0 bridgehead atoms. The lowest BCUT2D eigenvalue weighted by Gasteiger charge is -2.41. The summed E-state index contributed by atoms with van der Waals surface area (Å²) in [6.07, 6.45) is -3.71. The third-order valence-electron chi connectivity index (χ3n) is 6.79. The van der Waals surface area contributed by atoms with Crippen molar-refractivity contribution in [2.24, 2.45) is 17.8 Å². The first-order valence-corrected chi connectivity index (χ1v) is 11.6. The van der Waals surface area contributed by atoms with Gasteiger partial charge in [0.15, 0.2) is 24.1 Å². The Morgan fingerprint density at radius 2 is 1.94 bits per heavy atom. The van der Waals surface area contributed by atoms with Gasteiger partial charge in [-0.25, -0.2) is 9.59 Å². The Bertz CT molecular complexity index is 872. The molecular formula is C25H36O9. The van der Waals surface area contributed by atoms with E-state index in [1.165, 1.54) is 19.9 Å². The molecular weight excluding hydrogens is 444 g/mol. The van der Waals surface area contributed by atoms with E-state index in [9.17, 15) is 29.4 Å². The lowest BCUT2D eigenvalue weighted by molar-refractivity contribution is -0.199. The Morgan fingerprint density at radius 3 is 2.50 bits per heavy atom. The first-order chi connectivity index (χ1) is 15.7. The number of aliphatic hydroxyl groups excluding tert-OH is 1. The molecule has 4 unspecified atom stereocenters. The van der Waals surface area contributed by atoms with Crippen LogP contribution in [0.1, 0.15) is 60.8 Å². The van der Waals surface area contributed by atoms with Crippen molar-refractivity contribution in [3.05, 3.63) is 23.8 Å². The molecule has 0 amide bonds. The molecule has 2 N–H and O–H groups in total. The SMILES string of the molecule is C=C1C(=O)O[C@@H]2C1[C@H](OC(=O)/C(C)=C\C)C(=O)C(C)C[C@H](O)C[C@@](C)(O)C2OC(=O)C(C)CC. The summed E-state index contributed by atoms with van der Waals surface area (Å²) in [5.41, 5.74) is -1.70. The molecule has 1 saturated carbocycles. The van der Waals surface area contributed by atoms with E-state index in [1.807, 2.05) is 0 Å². The fourth-order valence-electron chi connectivity index (χ4n) is 4.28. The summed E-state index contributed by atoms with van der Waals surface area (Å²) in [6, 6.07) is 0. The number of hydrogen-bond donors (Lipinski definition) is 2. The van der Waals surface area contributed by atoms with E-state index in [2.05, 4.69) is 6.58 Å². The van der Waals surface area contributed by atoms with Crippen LogP contribution in [0.2, 0.25) is 0 Å². The fourth-order valence-corrected chi connectivity index (χ4v) is 4.28. The van der Waals surface area contributed by atoms with Gasteiger partial charge < -0.3 is 24.4 Å². The number of hydrogen-bond acceptors (Lipinski definition) is 9. The summed E-state index contributed by atoms with van der Waals surface area (Å²) in [5, 5.41) is 21.9. The van der Waals surface area contributed by atoms with Crippen LogP contribution < -0.4 is 0 Å². The van der Waals surface area contributed by atoms with Gasteiger partial charge >= 0.3 is 17.9 Å². The summed E-state index contributed by atoms with van der Waals surface area (Å²) in [6.45, 7) is 13.3. The normalized spacial score (nSPS) is 35.8. The molecule has 2 aliphatic rings. The van der Waals surface area contributed by atoms with Crippen LogP contribution in [-0.4, -0.2) is 63.9 Å². The Balaban J connectivity index is 2.64. The maximum Gasteiger partial charge on any atom is 0.334 e. The van der Waals surface area contributed by atoms with Crippen LogP contribution in [0.15, 0.2) is 23.8 Å². The molecule has 0 aromatic heterocycles. The van der Waals surface area contributed by atoms with Gasteiger partial charge in [0.2, 0.25) is 0 Å². The number of carbonyl (C=O) groups excluding carboxylic acids is 4. The highest BCUT2D eigenvalue weighted by atomic mass is 16.6. The van der Waals surface area contributed by atoms with Crippen LogP contribution in [-0.2, 0) is 33.4 Å². The molecule has 1 saturated heterocycles. The van der Waals surface area contributed by atoms with Gasteiger partial charge in [-0.1, -0.05) is 33.4 Å². The zero-order valence-electron chi connectivity index (χ0n) is 20.7. The average Bonchev–Trinajstić information content (AvgIpc) is 3.05. The second-order valence-electron chi connectivity index (χ2n) is 9.64. The third-order valence-corrected chi connectivity index (χ3v) is 6.79. The molecule has 0 spiro atoms. The van der Waals surface area contributed by atoms with Crippen molar-refractivity contribution in [1.29, 1.82) is 0 Å². The van der Waals surface area contributed by atoms with Crippen LogP contribution in [0.4, 0.5) is 0 Å². The molecule has 34 heavy (non-hydrogen) atoms. The highest BCUT2D eigenvalue weighted by molar-refractivity contribution is 5.96. The van der Waals surface area contributed by atoms with Gasteiger partial charge in [0.1, 0.15) is 5.60 Å². The molecule has 0 aromatic rings. The highest BCUT2D eigenvalue weighted by Crippen LogP contribution is 2.41. The van der Waals surface area contributed by atoms with Crippen LogP contribution in [0.5, 0.6) is 0 Å². The monoisotopic (exact) mass is 480 g/mol. The topological polar surface area (TPSA) is 136 Å². The molecule has 1 heterocycles. The van der Waals surface area contributed by atoms with E-state index in [-0.39, 0.29) is 24.0 Å². The third kappa shape index (κ3) is 5.75. The number of ether oxygens (including phenoxy) is 3. The zero-order chi connectivity index (χ0) is 26.0. The van der Waals surface area contributed by atoms with Crippen molar-refractivity contribution in [3.63, 3.8) is 0 Å².